The first-order valence-corrected chi connectivity index (χ1v) is 11.9. The van der Waals surface area contributed by atoms with Crippen molar-refractivity contribution in [2.75, 3.05) is 30.4 Å². The smallest absolute Gasteiger partial charge is 0.337 e. The first kappa shape index (κ1) is 26.2. The number of nitro groups is 1. The highest BCUT2D eigenvalue weighted by Crippen LogP contribution is 2.29. The number of nitrogens with zero attached hydrogens (tertiary/aromatic N) is 2. The van der Waals surface area contributed by atoms with Gasteiger partial charge in [-0.1, -0.05) is 12.1 Å². The summed E-state index contributed by atoms with van der Waals surface area (Å²) in [6, 6.07) is 15.4. The summed E-state index contributed by atoms with van der Waals surface area (Å²) in [4.78, 5) is 35.0. The molecule has 0 aromatic heterocycles. The van der Waals surface area contributed by atoms with Gasteiger partial charge in [0, 0.05) is 17.3 Å². The molecule has 1 amide bonds. The van der Waals surface area contributed by atoms with Crippen molar-refractivity contribution in [2.45, 2.75) is 11.8 Å². The Labute approximate surface area is 207 Å². The van der Waals surface area contributed by atoms with Gasteiger partial charge in [0.05, 0.1) is 35.3 Å². The molecule has 0 bridgehead atoms. The predicted octanol–water partition coefficient (Wildman–Crippen LogP) is 3.53. The number of nitrogens with one attached hydrogen (secondary N) is 1. The van der Waals surface area contributed by atoms with Crippen molar-refractivity contribution in [2.24, 2.45) is 0 Å². The van der Waals surface area contributed by atoms with Gasteiger partial charge in [-0.3, -0.25) is 19.2 Å². The standard InChI is InChI=1S/C24H23N3O8S/c1-16-7-12-21(14-22(16)27(30)31)36(32,33)26(19-8-10-20(34-2)11-9-19)15-23(28)25-18-6-4-5-17(13-18)24(29)35-3/h4-14H,15H2,1-3H3,(H,25,28). The molecule has 1 N–H and O–H groups in total. The molecule has 0 aliphatic carbocycles. The van der Waals surface area contributed by atoms with E-state index in [1.807, 2.05) is 0 Å². The molecular formula is C24H23N3O8S. The number of benzene rings is 3. The minimum Gasteiger partial charge on any atom is -0.497 e. The zero-order chi connectivity index (χ0) is 26.5. The Kier molecular flexibility index (Phi) is 7.90. The van der Waals surface area contributed by atoms with Gasteiger partial charge in [-0.25, -0.2) is 13.2 Å². The number of carbonyl (C=O) groups is 2. The molecule has 0 fully saturated rings. The van der Waals surface area contributed by atoms with Crippen LogP contribution in [0.2, 0.25) is 0 Å². The normalized spacial score (nSPS) is 10.9. The summed E-state index contributed by atoms with van der Waals surface area (Å²) in [5.41, 5.74) is 0.508. The van der Waals surface area contributed by atoms with E-state index in [0.717, 1.165) is 10.4 Å². The number of nitro benzene ring substituents is 1. The maximum absolute atomic E-state index is 13.6. The number of sulfonamides is 1. The fraction of sp³-hybridized carbons (Fsp3) is 0.167. The molecule has 188 valence electrons. The van der Waals surface area contributed by atoms with Crippen LogP contribution in [0, 0.1) is 17.0 Å². The molecule has 0 spiro atoms. The largest absolute Gasteiger partial charge is 0.497 e. The van der Waals surface area contributed by atoms with Crippen molar-refractivity contribution < 1.29 is 32.4 Å². The maximum Gasteiger partial charge on any atom is 0.337 e. The number of methoxy groups -OCH3 is 2. The van der Waals surface area contributed by atoms with Gasteiger partial charge in [-0.2, -0.15) is 0 Å². The maximum atomic E-state index is 13.6. The van der Waals surface area contributed by atoms with Gasteiger partial charge < -0.3 is 14.8 Å². The molecule has 0 unspecified atom stereocenters. The van der Waals surface area contributed by atoms with E-state index in [1.165, 1.54) is 81.8 Å². The average molecular weight is 514 g/mol. The average Bonchev–Trinajstić information content (AvgIpc) is 2.87. The van der Waals surface area contributed by atoms with Crippen LogP contribution >= 0.6 is 0 Å². The monoisotopic (exact) mass is 513 g/mol. The van der Waals surface area contributed by atoms with Gasteiger partial charge in [0.1, 0.15) is 12.3 Å². The summed E-state index contributed by atoms with van der Waals surface area (Å²) >= 11 is 0. The van der Waals surface area contributed by atoms with Crippen molar-refractivity contribution in [1.29, 1.82) is 0 Å². The molecule has 11 nitrogen and oxygen atoms in total. The highest BCUT2D eigenvalue weighted by atomic mass is 32.2. The Morgan fingerprint density at radius 3 is 2.33 bits per heavy atom. The molecule has 3 aromatic carbocycles. The molecule has 0 heterocycles. The topological polar surface area (TPSA) is 145 Å². The molecule has 0 saturated heterocycles. The lowest BCUT2D eigenvalue weighted by Crippen LogP contribution is -2.38. The second-order valence-corrected chi connectivity index (χ2v) is 9.40. The molecular weight excluding hydrogens is 490 g/mol. The number of carbonyl (C=O) groups excluding carboxylic acids is 2. The van der Waals surface area contributed by atoms with Crippen LogP contribution in [0.15, 0.2) is 71.6 Å². The highest BCUT2D eigenvalue weighted by Gasteiger charge is 2.29. The van der Waals surface area contributed by atoms with E-state index < -0.39 is 33.4 Å². The summed E-state index contributed by atoms with van der Waals surface area (Å²) in [6.07, 6.45) is 0. The zero-order valence-electron chi connectivity index (χ0n) is 19.6. The Bertz CT molecular complexity index is 1410. The van der Waals surface area contributed by atoms with Crippen molar-refractivity contribution in [3.63, 3.8) is 0 Å². The lowest BCUT2D eigenvalue weighted by molar-refractivity contribution is -0.385. The number of hydrogen-bond acceptors (Lipinski definition) is 8. The number of amides is 1. The lowest BCUT2D eigenvalue weighted by Gasteiger charge is -2.24. The first-order chi connectivity index (χ1) is 17.1. The molecule has 12 heteroatoms. The minimum atomic E-state index is -4.41. The molecule has 36 heavy (non-hydrogen) atoms. The van der Waals surface area contributed by atoms with Crippen LogP contribution in [-0.4, -0.2) is 46.0 Å². The molecule has 3 rings (SSSR count). The van der Waals surface area contributed by atoms with Gasteiger partial charge in [-0.05, 0) is 55.5 Å². The number of rotatable bonds is 9. The van der Waals surface area contributed by atoms with E-state index in [1.54, 1.807) is 0 Å². The third-order valence-corrected chi connectivity index (χ3v) is 6.95. The van der Waals surface area contributed by atoms with Gasteiger partial charge >= 0.3 is 5.97 Å². The molecule has 0 aliphatic rings. The second kappa shape index (κ2) is 10.9. The molecule has 0 aliphatic heterocycles. The highest BCUT2D eigenvalue weighted by molar-refractivity contribution is 7.92. The summed E-state index contributed by atoms with van der Waals surface area (Å²) in [6.45, 7) is 0.838. The third-order valence-electron chi connectivity index (χ3n) is 5.18. The van der Waals surface area contributed by atoms with E-state index in [9.17, 15) is 28.1 Å². The fourth-order valence-electron chi connectivity index (χ4n) is 3.31. The van der Waals surface area contributed by atoms with E-state index in [4.69, 9.17) is 4.74 Å². The van der Waals surface area contributed by atoms with Crippen molar-refractivity contribution >= 4 is 39.0 Å². The van der Waals surface area contributed by atoms with E-state index in [0.29, 0.717) is 5.75 Å². The molecule has 0 saturated carbocycles. The zero-order valence-corrected chi connectivity index (χ0v) is 20.4. The summed E-state index contributed by atoms with van der Waals surface area (Å²) < 4.78 is 37.8. The Morgan fingerprint density at radius 1 is 1.03 bits per heavy atom. The molecule has 0 radical (unpaired) electrons. The quantitative estimate of drug-likeness (QED) is 0.260. The number of aryl methyl sites for hydroxylation is 1. The van der Waals surface area contributed by atoms with Gasteiger partial charge in [-0.15, -0.1) is 0 Å². The van der Waals surface area contributed by atoms with Crippen LogP contribution in [0.4, 0.5) is 17.1 Å². The van der Waals surface area contributed by atoms with Crippen LogP contribution in [0.5, 0.6) is 5.75 Å². The Balaban J connectivity index is 1.99. The van der Waals surface area contributed by atoms with E-state index in [-0.39, 0.29) is 33.1 Å². The number of ether oxygens (including phenoxy) is 2. The Hall–Kier alpha value is -4.45. The third kappa shape index (κ3) is 5.78. The second-order valence-electron chi connectivity index (χ2n) is 7.54. The van der Waals surface area contributed by atoms with Gasteiger partial charge in [0.2, 0.25) is 5.91 Å². The number of esters is 1. The van der Waals surface area contributed by atoms with E-state index in [2.05, 4.69) is 10.1 Å². The molecule has 0 atom stereocenters. The van der Waals surface area contributed by atoms with Crippen molar-refractivity contribution in [1.82, 2.24) is 0 Å². The van der Waals surface area contributed by atoms with E-state index >= 15 is 0 Å². The van der Waals surface area contributed by atoms with Crippen LogP contribution in [0.25, 0.3) is 0 Å². The molecule has 3 aromatic rings. The van der Waals surface area contributed by atoms with Crippen LogP contribution in [0.1, 0.15) is 15.9 Å². The predicted molar refractivity (Wildman–Crippen MR) is 132 cm³/mol. The fourth-order valence-corrected chi connectivity index (χ4v) is 4.75. The Morgan fingerprint density at radius 2 is 1.72 bits per heavy atom. The summed E-state index contributed by atoms with van der Waals surface area (Å²) in [5.74, 6) is -0.848. The van der Waals surface area contributed by atoms with Crippen molar-refractivity contribution in [3.05, 3.63) is 88.0 Å². The van der Waals surface area contributed by atoms with Gasteiger partial charge in [0.25, 0.3) is 15.7 Å². The summed E-state index contributed by atoms with van der Waals surface area (Å²) in [7, 11) is -1.73. The lowest BCUT2D eigenvalue weighted by atomic mass is 10.2. The minimum absolute atomic E-state index is 0.137. The number of hydrogen-bond donors (Lipinski definition) is 1. The van der Waals surface area contributed by atoms with Crippen LogP contribution in [0.3, 0.4) is 0 Å². The van der Waals surface area contributed by atoms with Crippen molar-refractivity contribution in [3.8, 4) is 5.75 Å². The van der Waals surface area contributed by atoms with Crippen LogP contribution in [-0.2, 0) is 19.6 Å². The summed E-state index contributed by atoms with van der Waals surface area (Å²) in [5, 5.41) is 13.9. The number of anilines is 2. The van der Waals surface area contributed by atoms with Gasteiger partial charge in [0.15, 0.2) is 0 Å². The van der Waals surface area contributed by atoms with Crippen LogP contribution < -0.4 is 14.4 Å². The SMILES string of the molecule is COC(=O)c1cccc(NC(=O)CN(c2ccc(OC)cc2)S(=O)(=O)c2ccc(C)c([N+](=O)[O-])c2)c1. The first-order valence-electron chi connectivity index (χ1n) is 10.5.